The molecule has 1 saturated carbocycles. The molecule has 0 aromatic rings. The zero-order chi connectivity index (χ0) is 14.5. The zero-order valence-electron chi connectivity index (χ0n) is 13.6. The van der Waals surface area contributed by atoms with Crippen molar-refractivity contribution in [3.63, 3.8) is 0 Å². The van der Waals surface area contributed by atoms with Crippen molar-refractivity contribution in [2.75, 3.05) is 34.4 Å². The van der Waals surface area contributed by atoms with Crippen molar-refractivity contribution in [3.05, 3.63) is 0 Å². The summed E-state index contributed by atoms with van der Waals surface area (Å²) in [5.41, 5.74) is 5.81. The summed E-state index contributed by atoms with van der Waals surface area (Å²) in [7, 11) is 5.75. The van der Waals surface area contributed by atoms with Gasteiger partial charge in [0.1, 0.15) is 6.04 Å². The second-order valence-corrected chi connectivity index (χ2v) is 6.10. The number of carbonyl (C=O) groups is 1. The van der Waals surface area contributed by atoms with Gasteiger partial charge in [0.2, 0.25) is 5.91 Å². The number of methoxy groups -OCH3 is 1. The topological polar surface area (TPSA) is 67.6 Å². The van der Waals surface area contributed by atoms with Gasteiger partial charge in [0.25, 0.3) is 0 Å². The summed E-state index contributed by atoms with van der Waals surface area (Å²) in [4.78, 5) is 14.1. The summed E-state index contributed by atoms with van der Waals surface area (Å²) in [6, 6.07) is -0.578. The molecule has 0 aliphatic heterocycles. The van der Waals surface area contributed by atoms with Crippen molar-refractivity contribution in [3.8, 4) is 0 Å². The van der Waals surface area contributed by atoms with Crippen LogP contribution in [0.15, 0.2) is 0 Å². The molecule has 0 aromatic heterocycles. The minimum Gasteiger partial charge on any atom is -0.383 e. The molecule has 3 unspecified atom stereocenters. The normalized spacial score (nSPS) is 26.5. The van der Waals surface area contributed by atoms with Gasteiger partial charge in [-0.1, -0.05) is 19.8 Å². The first-order chi connectivity index (χ1) is 8.91. The van der Waals surface area contributed by atoms with Crippen LogP contribution in [0.5, 0.6) is 0 Å². The maximum Gasteiger partial charge on any atom is 0.239 e. The van der Waals surface area contributed by atoms with Crippen molar-refractivity contribution in [2.24, 2.45) is 11.7 Å². The van der Waals surface area contributed by atoms with Gasteiger partial charge in [-0.2, -0.15) is 0 Å². The van der Waals surface area contributed by atoms with E-state index in [0.717, 1.165) is 12.8 Å². The minimum absolute atomic E-state index is 0. The lowest BCUT2D eigenvalue weighted by atomic mass is 9.75. The van der Waals surface area contributed by atoms with Gasteiger partial charge in [-0.15, -0.1) is 24.8 Å². The first-order valence-corrected chi connectivity index (χ1v) is 7.11. The second-order valence-electron chi connectivity index (χ2n) is 6.10. The smallest absolute Gasteiger partial charge is 0.239 e. The first-order valence-electron chi connectivity index (χ1n) is 7.11. The Morgan fingerprint density at radius 3 is 2.57 bits per heavy atom. The maximum absolute atomic E-state index is 11.9. The van der Waals surface area contributed by atoms with E-state index in [1.54, 1.807) is 7.11 Å². The van der Waals surface area contributed by atoms with E-state index in [0.29, 0.717) is 12.5 Å². The van der Waals surface area contributed by atoms with E-state index in [1.165, 1.54) is 12.8 Å². The molecule has 3 N–H and O–H groups in total. The molecular formula is C14H31Cl2N3O2. The molecule has 3 atom stereocenters. The Hall–Kier alpha value is -0.0700. The number of hydrogen-bond donors (Lipinski definition) is 2. The third kappa shape index (κ3) is 6.70. The molecule has 21 heavy (non-hydrogen) atoms. The number of hydrogen-bond acceptors (Lipinski definition) is 4. The molecule has 5 nitrogen and oxygen atoms in total. The van der Waals surface area contributed by atoms with Crippen molar-refractivity contribution in [2.45, 2.75) is 44.2 Å². The number of nitrogens with zero attached hydrogens (tertiary/aromatic N) is 1. The molecule has 0 spiro atoms. The average molecular weight is 344 g/mol. The molecular weight excluding hydrogens is 313 g/mol. The molecule has 0 aromatic carbocycles. The second kappa shape index (κ2) is 10.6. The Bertz CT molecular complexity index is 306. The lowest BCUT2D eigenvalue weighted by Gasteiger charge is -2.45. The fourth-order valence-corrected chi connectivity index (χ4v) is 3.00. The Kier molecular flexibility index (Phi) is 11.7. The summed E-state index contributed by atoms with van der Waals surface area (Å²) in [5.74, 6) is 0.585. The van der Waals surface area contributed by atoms with E-state index in [4.69, 9.17) is 10.5 Å². The van der Waals surface area contributed by atoms with Gasteiger partial charge in [0, 0.05) is 19.2 Å². The average Bonchev–Trinajstić information content (AvgIpc) is 2.36. The van der Waals surface area contributed by atoms with Gasteiger partial charge >= 0.3 is 0 Å². The molecule has 7 heteroatoms. The summed E-state index contributed by atoms with van der Waals surface area (Å²) in [6.45, 7) is 3.22. The molecule has 0 radical (unpaired) electrons. The number of halogens is 2. The maximum atomic E-state index is 11.9. The monoisotopic (exact) mass is 343 g/mol. The Balaban J connectivity index is 0. The van der Waals surface area contributed by atoms with Crippen LogP contribution in [0.2, 0.25) is 0 Å². The predicted octanol–water partition coefficient (Wildman–Crippen LogP) is 1.43. The SMILES string of the molecule is COCC(N)C(=O)NCC1(N(C)C)CCCC(C)C1.Cl.Cl. The van der Waals surface area contributed by atoms with Crippen LogP contribution in [-0.2, 0) is 9.53 Å². The van der Waals surface area contributed by atoms with E-state index in [2.05, 4.69) is 31.2 Å². The van der Waals surface area contributed by atoms with Crippen LogP contribution in [-0.4, -0.2) is 56.7 Å². The Labute approximate surface area is 141 Å². The molecule has 1 rings (SSSR count). The highest BCUT2D eigenvalue weighted by molar-refractivity contribution is 5.85. The number of likely N-dealkylation sites (N-methyl/N-ethyl adjacent to an activating group) is 1. The molecule has 0 bridgehead atoms. The third-order valence-corrected chi connectivity index (χ3v) is 4.29. The highest BCUT2D eigenvalue weighted by Crippen LogP contribution is 2.35. The van der Waals surface area contributed by atoms with Crippen LogP contribution in [0.25, 0.3) is 0 Å². The van der Waals surface area contributed by atoms with Crippen LogP contribution in [0.3, 0.4) is 0 Å². The summed E-state index contributed by atoms with van der Waals surface area (Å²) in [6.07, 6.45) is 4.76. The van der Waals surface area contributed by atoms with Crippen LogP contribution < -0.4 is 11.1 Å². The van der Waals surface area contributed by atoms with E-state index in [9.17, 15) is 4.79 Å². The molecule has 1 aliphatic rings. The largest absolute Gasteiger partial charge is 0.383 e. The zero-order valence-corrected chi connectivity index (χ0v) is 15.2. The highest BCUT2D eigenvalue weighted by atomic mass is 35.5. The number of amides is 1. The van der Waals surface area contributed by atoms with E-state index in [-0.39, 0.29) is 42.9 Å². The number of rotatable bonds is 6. The van der Waals surface area contributed by atoms with Crippen LogP contribution in [0.4, 0.5) is 0 Å². The molecule has 0 heterocycles. The lowest BCUT2D eigenvalue weighted by Crippen LogP contribution is -2.57. The minimum atomic E-state index is -0.578. The summed E-state index contributed by atoms with van der Waals surface area (Å²) in [5, 5.41) is 2.99. The highest BCUT2D eigenvalue weighted by Gasteiger charge is 2.37. The Morgan fingerprint density at radius 1 is 1.48 bits per heavy atom. The molecule has 1 aliphatic carbocycles. The van der Waals surface area contributed by atoms with Crippen LogP contribution >= 0.6 is 24.8 Å². The van der Waals surface area contributed by atoms with Gasteiger partial charge in [-0.05, 0) is 32.9 Å². The van der Waals surface area contributed by atoms with Crippen molar-refractivity contribution in [1.82, 2.24) is 10.2 Å². The predicted molar refractivity (Wildman–Crippen MR) is 91.4 cm³/mol. The quantitative estimate of drug-likeness (QED) is 0.765. The van der Waals surface area contributed by atoms with Crippen LogP contribution in [0, 0.1) is 5.92 Å². The fraction of sp³-hybridized carbons (Fsp3) is 0.929. The van der Waals surface area contributed by atoms with Gasteiger partial charge in [-0.25, -0.2) is 0 Å². The Morgan fingerprint density at radius 2 is 2.10 bits per heavy atom. The molecule has 0 saturated heterocycles. The summed E-state index contributed by atoms with van der Waals surface area (Å²) < 4.78 is 4.91. The molecule has 1 amide bonds. The van der Waals surface area contributed by atoms with E-state index < -0.39 is 6.04 Å². The fourth-order valence-electron chi connectivity index (χ4n) is 3.00. The standard InChI is InChI=1S/C14H29N3O2.2ClH/c1-11-6-5-7-14(8-11,17(2)3)10-16-13(18)12(15)9-19-4;;/h11-12H,5-10,15H2,1-4H3,(H,16,18);2*1H. The van der Waals surface area contributed by atoms with Crippen LogP contribution in [0.1, 0.15) is 32.6 Å². The van der Waals surface area contributed by atoms with Gasteiger partial charge in [-0.3, -0.25) is 4.79 Å². The van der Waals surface area contributed by atoms with Gasteiger partial charge in [0.05, 0.1) is 6.61 Å². The number of nitrogens with two attached hydrogens (primary N) is 1. The number of ether oxygens (including phenoxy) is 1. The summed E-state index contributed by atoms with van der Waals surface area (Å²) >= 11 is 0. The molecule has 1 fully saturated rings. The third-order valence-electron chi connectivity index (χ3n) is 4.29. The van der Waals surface area contributed by atoms with Crippen molar-refractivity contribution >= 4 is 30.7 Å². The van der Waals surface area contributed by atoms with Crippen molar-refractivity contribution < 1.29 is 9.53 Å². The van der Waals surface area contributed by atoms with Crippen molar-refractivity contribution in [1.29, 1.82) is 0 Å². The van der Waals surface area contributed by atoms with Gasteiger partial charge < -0.3 is 20.7 Å². The van der Waals surface area contributed by atoms with E-state index in [1.807, 2.05) is 0 Å². The molecule has 128 valence electrons. The van der Waals surface area contributed by atoms with E-state index >= 15 is 0 Å². The van der Waals surface area contributed by atoms with Gasteiger partial charge in [0.15, 0.2) is 0 Å². The lowest BCUT2D eigenvalue weighted by molar-refractivity contribution is -0.124. The number of nitrogens with one attached hydrogen (secondary N) is 1. The first kappa shape index (κ1) is 23.2. The number of carbonyl (C=O) groups excluding carboxylic acids is 1.